The maximum absolute atomic E-state index is 11.8. The molecule has 0 spiro atoms. The summed E-state index contributed by atoms with van der Waals surface area (Å²) in [5.41, 5.74) is 0.835. The van der Waals surface area contributed by atoms with E-state index in [-0.39, 0.29) is 18.0 Å². The van der Waals surface area contributed by atoms with Gasteiger partial charge in [0.2, 0.25) is 0 Å². The zero-order chi connectivity index (χ0) is 15.0. The predicted octanol–water partition coefficient (Wildman–Crippen LogP) is 2.12. The summed E-state index contributed by atoms with van der Waals surface area (Å²) in [4.78, 5) is 25.6. The van der Waals surface area contributed by atoms with Crippen molar-refractivity contribution >= 4 is 22.8 Å². The highest BCUT2D eigenvalue weighted by atomic mass is 16.5. The van der Waals surface area contributed by atoms with E-state index in [1.165, 1.54) is 0 Å². The van der Waals surface area contributed by atoms with Gasteiger partial charge in [0.1, 0.15) is 17.8 Å². The molecule has 6 heteroatoms. The van der Waals surface area contributed by atoms with Gasteiger partial charge in [-0.2, -0.15) is 0 Å². The Kier molecular flexibility index (Phi) is 3.53. The minimum absolute atomic E-state index is 0.0170. The largest absolute Gasteiger partial charge is 0.463 e. The van der Waals surface area contributed by atoms with Crippen LogP contribution < -0.4 is 4.90 Å². The van der Waals surface area contributed by atoms with E-state index in [1.54, 1.807) is 6.33 Å². The van der Waals surface area contributed by atoms with Crippen LogP contribution >= 0.6 is 0 Å². The number of carbonyl (C=O) groups is 1. The van der Waals surface area contributed by atoms with Crippen LogP contribution in [0, 0.1) is 5.92 Å². The first-order valence-corrected chi connectivity index (χ1v) is 7.27. The van der Waals surface area contributed by atoms with E-state index in [2.05, 4.69) is 19.9 Å². The van der Waals surface area contributed by atoms with Gasteiger partial charge in [-0.25, -0.2) is 9.97 Å². The van der Waals surface area contributed by atoms with Crippen molar-refractivity contribution in [2.75, 3.05) is 11.9 Å². The van der Waals surface area contributed by atoms with E-state index in [9.17, 15) is 4.79 Å². The molecule has 0 bridgehead atoms. The molecule has 1 aliphatic rings. The van der Waals surface area contributed by atoms with E-state index in [0.29, 0.717) is 6.04 Å². The second-order valence-electron chi connectivity index (χ2n) is 5.86. The van der Waals surface area contributed by atoms with Crippen molar-refractivity contribution in [1.82, 2.24) is 15.0 Å². The zero-order valence-electron chi connectivity index (χ0n) is 12.5. The number of nitrogens with zero attached hydrogens (tertiary/aromatic N) is 3. The summed E-state index contributed by atoms with van der Waals surface area (Å²) in [5, 5.41) is 1.01. The molecule has 1 aliphatic carbocycles. The smallest absolute Gasteiger partial charge is 0.309 e. The molecule has 6 nitrogen and oxygen atoms in total. The van der Waals surface area contributed by atoms with Crippen LogP contribution in [0.3, 0.4) is 0 Å². The van der Waals surface area contributed by atoms with E-state index in [0.717, 1.165) is 29.7 Å². The molecule has 1 fully saturated rings. The average Bonchev–Trinajstić information content (AvgIpc) is 2.83. The molecule has 0 saturated heterocycles. The number of fused-ring (bicyclic) bond motifs is 1. The summed E-state index contributed by atoms with van der Waals surface area (Å²) >= 11 is 0. The van der Waals surface area contributed by atoms with Crippen LogP contribution in [0.25, 0.3) is 11.0 Å². The molecule has 0 amide bonds. The van der Waals surface area contributed by atoms with Crippen LogP contribution in [0.5, 0.6) is 0 Å². The molecule has 0 unspecified atom stereocenters. The molecule has 21 heavy (non-hydrogen) atoms. The molecular formula is C15H20N4O2. The van der Waals surface area contributed by atoms with Crippen LogP contribution in [-0.4, -0.2) is 40.1 Å². The number of carbonyl (C=O) groups excluding carboxylic acids is 1. The first-order valence-electron chi connectivity index (χ1n) is 7.27. The second-order valence-corrected chi connectivity index (χ2v) is 5.86. The number of esters is 1. The quantitative estimate of drug-likeness (QED) is 0.873. The number of aromatic amines is 1. The fourth-order valence-electron chi connectivity index (χ4n) is 2.74. The molecular weight excluding hydrogens is 268 g/mol. The van der Waals surface area contributed by atoms with Crippen molar-refractivity contribution < 1.29 is 9.53 Å². The van der Waals surface area contributed by atoms with Crippen LogP contribution in [0.15, 0.2) is 18.6 Å². The van der Waals surface area contributed by atoms with Gasteiger partial charge in [-0.05, 0) is 32.8 Å². The Balaban J connectivity index is 1.67. The molecule has 0 atom stereocenters. The van der Waals surface area contributed by atoms with Crippen LogP contribution in [0.4, 0.5) is 5.82 Å². The van der Waals surface area contributed by atoms with Crippen LogP contribution in [0.2, 0.25) is 0 Å². The Bertz CT molecular complexity index is 646. The first-order chi connectivity index (χ1) is 10.1. The first kappa shape index (κ1) is 13.9. The topological polar surface area (TPSA) is 71.1 Å². The second kappa shape index (κ2) is 5.35. The number of nitrogens with one attached hydrogen (secondary N) is 1. The lowest BCUT2D eigenvalue weighted by molar-refractivity contribution is -0.155. The minimum atomic E-state index is -0.0795. The Labute approximate surface area is 123 Å². The van der Waals surface area contributed by atoms with Crippen molar-refractivity contribution in [1.29, 1.82) is 0 Å². The number of anilines is 1. The molecule has 1 N–H and O–H groups in total. The highest BCUT2D eigenvalue weighted by molar-refractivity contribution is 5.87. The van der Waals surface area contributed by atoms with Crippen molar-refractivity contribution in [2.45, 2.75) is 38.8 Å². The minimum Gasteiger partial charge on any atom is -0.463 e. The van der Waals surface area contributed by atoms with Gasteiger partial charge < -0.3 is 14.6 Å². The van der Waals surface area contributed by atoms with Crippen LogP contribution in [-0.2, 0) is 9.53 Å². The van der Waals surface area contributed by atoms with Gasteiger partial charge in [-0.1, -0.05) is 0 Å². The summed E-state index contributed by atoms with van der Waals surface area (Å²) in [7, 11) is 2.02. The fraction of sp³-hybridized carbons (Fsp3) is 0.533. The highest BCUT2D eigenvalue weighted by Gasteiger charge is 2.38. The van der Waals surface area contributed by atoms with Crippen molar-refractivity contribution in [3.63, 3.8) is 0 Å². The Morgan fingerprint density at radius 2 is 2.19 bits per heavy atom. The Morgan fingerprint density at radius 1 is 1.43 bits per heavy atom. The number of aromatic nitrogens is 3. The summed E-state index contributed by atoms with van der Waals surface area (Å²) in [5.74, 6) is 0.842. The third-order valence-corrected chi connectivity index (χ3v) is 4.01. The van der Waals surface area contributed by atoms with E-state index in [4.69, 9.17) is 4.74 Å². The normalized spacial score (nSPS) is 21.3. The van der Waals surface area contributed by atoms with Gasteiger partial charge in [0, 0.05) is 19.3 Å². The van der Waals surface area contributed by atoms with E-state index < -0.39 is 0 Å². The molecule has 2 heterocycles. The van der Waals surface area contributed by atoms with Gasteiger partial charge in [0.15, 0.2) is 0 Å². The number of rotatable bonds is 4. The van der Waals surface area contributed by atoms with Gasteiger partial charge >= 0.3 is 5.97 Å². The standard InChI is InChI=1S/C15H20N4O2/c1-9(2)21-15(20)10-6-11(7-10)19(3)14-12-4-5-16-13(12)17-8-18-14/h4-5,8-11H,6-7H2,1-3H3,(H,16,17,18). The molecule has 0 aromatic carbocycles. The number of hydrogen-bond acceptors (Lipinski definition) is 5. The molecule has 2 aromatic rings. The lowest BCUT2D eigenvalue weighted by Crippen LogP contribution is -2.46. The van der Waals surface area contributed by atoms with Gasteiger partial charge in [-0.3, -0.25) is 4.79 Å². The maximum atomic E-state index is 11.8. The van der Waals surface area contributed by atoms with Gasteiger partial charge in [0.25, 0.3) is 0 Å². The monoisotopic (exact) mass is 288 g/mol. The van der Waals surface area contributed by atoms with Crippen molar-refractivity contribution in [3.05, 3.63) is 18.6 Å². The Hall–Kier alpha value is -2.11. The highest BCUT2D eigenvalue weighted by Crippen LogP contribution is 2.35. The molecule has 0 aliphatic heterocycles. The summed E-state index contributed by atoms with van der Waals surface area (Å²) in [6, 6.07) is 2.30. The van der Waals surface area contributed by atoms with E-state index >= 15 is 0 Å². The maximum Gasteiger partial charge on any atom is 0.309 e. The van der Waals surface area contributed by atoms with Crippen molar-refractivity contribution in [3.8, 4) is 0 Å². The molecule has 2 aromatic heterocycles. The molecule has 3 rings (SSSR count). The summed E-state index contributed by atoms with van der Waals surface area (Å²) < 4.78 is 5.26. The van der Waals surface area contributed by atoms with E-state index in [1.807, 2.05) is 33.2 Å². The zero-order valence-corrected chi connectivity index (χ0v) is 12.5. The molecule has 112 valence electrons. The third-order valence-electron chi connectivity index (χ3n) is 4.01. The molecule has 0 radical (unpaired) electrons. The van der Waals surface area contributed by atoms with Crippen LogP contribution in [0.1, 0.15) is 26.7 Å². The summed E-state index contributed by atoms with van der Waals surface area (Å²) in [6.07, 6.45) is 5.01. The van der Waals surface area contributed by atoms with Gasteiger partial charge in [0.05, 0.1) is 17.4 Å². The van der Waals surface area contributed by atoms with Gasteiger partial charge in [-0.15, -0.1) is 0 Å². The van der Waals surface area contributed by atoms with Crippen molar-refractivity contribution in [2.24, 2.45) is 5.92 Å². The number of H-pyrrole nitrogens is 1. The SMILES string of the molecule is CC(C)OC(=O)C1CC(N(C)c2ncnc3[nH]ccc23)C1. The fourth-order valence-corrected chi connectivity index (χ4v) is 2.74. The predicted molar refractivity (Wildman–Crippen MR) is 80.0 cm³/mol. The average molecular weight is 288 g/mol. The summed E-state index contributed by atoms with van der Waals surface area (Å²) in [6.45, 7) is 3.76. The number of hydrogen-bond donors (Lipinski definition) is 1. The molecule has 1 saturated carbocycles. The Morgan fingerprint density at radius 3 is 2.90 bits per heavy atom. The third kappa shape index (κ3) is 2.57. The number of ether oxygens (including phenoxy) is 1. The lowest BCUT2D eigenvalue weighted by atomic mass is 9.79. The lowest BCUT2D eigenvalue weighted by Gasteiger charge is -2.40.